The monoisotopic (exact) mass is 904 g/mol. The zero-order valence-electron chi connectivity index (χ0n) is 39.1. The zero-order valence-corrected chi connectivity index (χ0v) is 39.1. The summed E-state index contributed by atoms with van der Waals surface area (Å²) < 4.78 is 0. The van der Waals surface area contributed by atoms with Crippen molar-refractivity contribution in [3.8, 4) is 0 Å². The number of allylic oxidation sites excluding steroid dienone is 14. The highest BCUT2D eigenvalue weighted by molar-refractivity contribution is 6.56. The number of ketones is 5. The van der Waals surface area contributed by atoms with Crippen LogP contribution in [0, 0.1) is 25.7 Å². The van der Waals surface area contributed by atoms with Crippen molar-refractivity contribution in [1.82, 2.24) is 0 Å². The number of rotatable bonds is 12. The van der Waals surface area contributed by atoms with Crippen LogP contribution in [0.25, 0.3) is 0 Å². The van der Waals surface area contributed by atoms with Gasteiger partial charge in [-0.15, -0.1) is 0 Å². The maximum atomic E-state index is 15.3. The summed E-state index contributed by atoms with van der Waals surface area (Å²) >= 11 is 0. The van der Waals surface area contributed by atoms with Crippen LogP contribution in [0.4, 0.5) is 34.1 Å². The molecule has 12 heteroatoms. The number of Topliss-reactive ketones (excluding diaryl/α,β-unsaturated/α-hetero) is 5. The van der Waals surface area contributed by atoms with Gasteiger partial charge in [0.15, 0.2) is 17.3 Å². The Kier molecular flexibility index (Phi) is 12.8. The lowest BCUT2D eigenvalue weighted by atomic mass is 9.69. The molecule has 12 nitrogen and oxygen atoms in total. The Hall–Kier alpha value is -8.38. The van der Waals surface area contributed by atoms with Gasteiger partial charge in [-0.05, 0) is 110 Å². The number of anilines is 5. The van der Waals surface area contributed by atoms with Crippen molar-refractivity contribution in [2.45, 2.75) is 55.4 Å². The van der Waals surface area contributed by atoms with E-state index in [2.05, 4.69) is 32.0 Å². The van der Waals surface area contributed by atoms with Crippen LogP contribution in [-0.4, -0.2) is 40.2 Å². The summed E-state index contributed by atoms with van der Waals surface area (Å²) in [5.41, 5.74) is 20.4. The third kappa shape index (κ3) is 8.71. The lowest BCUT2D eigenvalue weighted by Crippen LogP contribution is -2.34. The predicted molar refractivity (Wildman–Crippen MR) is 270 cm³/mol. The molecule has 4 aromatic rings. The molecular formula is C56H52N6O6. The van der Waals surface area contributed by atoms with Gasteiger partial charge in [-0.3, -0.25) is 39.8 Å². The summed E-state index contributed by atoms with van der Waals surface area (Å²) in [4.78, 5) is 77.7. The second-order valence-corrected chi connectivity index (χ2v) is 17.8. The van der Waals surface area contributed by atoms with E-state index >= 15 is 9.59 Å². The number of hydrazine groups is 2. The molecule has 0 amide bonds. The predicted octanol–water partition coefficient (Wildman–Crippen LogP) is 11.0. The van der Waals surface area contributed by atoms with Crippen LogP contribution < -0.4 is 27.0 Å². The fourth-order valence-corrected chi connectivity index (χ4v) is 8.79. The maximum absolute atomic E-state index is 15.3. The number of para-hydroxylation sites is 4. The summed E-state index contributed by atoms with van der Waals surface area (Å²) in [6.45, 7) is 14.6. The highest BCUT2D eigenvalue weighted by Gasteiger charge is 2.44. The molecule has 0 spiro atoms. The second-order valence-electron chi connectivity index (χ2n) is 17.8. The summed E-state index contributed by atoms with van der Waals surface area (Å²) in [7, 11) is 0. The molecule has 0 atom stereocenters. The van der Waals surface area contributed by atoms with Crippen molar-refractivity contribution in [3.05, 3.63) is 199 Å². The molecular weight excluding hydrogens is 853 g/mol. The van der Waals surface area contributed by atoms with E-state index < -0.39 is 40.6 Å². The Labute approximate surface area is 395 Å². The molecule has 0 aromatic heterocycles. The Morgan fingerprint density at radius 3 is 1.57 bits per heavy atom. The molecule has 0 saturated heterocycles. The van der Waals surface area contributed by atoms with E-state index in [1.54, 1.807) is 64.1 Å². The van der Waals surface area contributed by atoms with Gasteiger partial charge in [-0.1, -0.05) is 99.5 Å². The number of nitrogens with zero attached hydrogens (tertiary/aromatic N) is 1. The van der Waals surface area contributed by atoms with Crippen LogP contribution in [0.2, 0.25) is 0 Å². The van der Waals surface area contributed by atoms with E-state index in [0.29, 0.717) is 50.6 Å². The molecule has 4 aromatic carbocycles. The number of aliphatic hydroxyl groups is 1. The number of carbonyl (C=O) groups is 5. The lowest BCUT2D eigenvalue weighted by molar-refractivity contribution is -0.132. The molecule has 4 aliphatic rings. The standard InChI is InChI=1S/C56H52N6O6/c1-29(2)45-37-25-33(7)47(53(65)49(37)39(51(63)55(45)67)27-57-41-13-9-11-15-43(41)61-59-35-21-17-31(5)18-22-35)48-34(8)26-38-46(30(3)4)56(68)52(64)40(50(38)54(48)66)28-58-42-14-10-12-16-44(42)62-60-36-23-19-32(6)20-24-36/h9-30,57,59-62,67H,1-8H3. The molecule has 0 unspecified atom stereocenters. The molecule has 0 fully saturated rings. The third-order valence-corrected chi connectivity index (χ3v) is 12.2. The van der Waals surface area contributed by atoms with Gasteiger partial charge in [0.1, 0.15) is 0 Å². The Morgan fingerprint density at radius 1 is 0.500 bits per heavy atom. The number of hydrogen-bond acceptors (Lipinski definition) is 12. The van der Waals surface area contributed by atoms with Crippen LogP contribution in [-0.2, 0) is 24.0 Å². The first-order valence-electron chi connectivity index (χ1n) is 22.4. The van der Waals surface area contributed by atoms with Crippen molar-refractivity contribution < 1.29 is 29.1 Å². The first kappa shape index (κ1) is 46.2. The molecule has 4 aliphatic carbocycles. The number of fused-ring (bicyclic) bond motifs is 1. The molecule has 0 heterocycles. The molecule has 342 valence electrons. The zero-order chi connectivity index (χ0) is 48.6. The van der Waals surface area contributed by atoms with Crippen LogP contribution >= 0.6 is 0 Å². The number of hydrogen-bond donors (Lipinski definition) is 6. The smallest absolute Gasteiger partial charge is 0.235 e. The minimum Gasteiger partial charge on any atom is -0.504 e. The summed E-state index contributed by atoms with van der Waals surface area (Å²) in [6.07, 6.45) is 6.05. The number of nitrogens with one attached hydrogen (secondary N) is 5. The van der Waals surface area contributed by atoms with Crippen LogP contribution in [0.5, 0.6) is 0 Å². The first-order chi connectivity index (χ1) is 32.5. The normalized spacial score (nSPS) is 18.2. The molecule has 0 bridgehead atoms. The number of benzene rings is 4. The fourth-order valence-electron chi connectivity index (χ4n) is 8.79. The summed E-state index contributed by atoms with van der Waals surface area (Å²) in [6, 6.07) is 30.0. The number of carbonyl (C=O) groups excluding carboxylic acids is 5. The molecule has 0 radical (unpaired) electrons. The van der Waals surface area contributed by atoms with E-state index in [0.717, 1.165) is 22.5 Å². The lowest BCUT2D eigenvalue weighted by Gasteiger charge is -2.32. The van der Waals surface area contributed by atoms with Gasteiger partial charge in [-0.2, -0.15) is 0 Å². The minimum atomic E-state index is -0.891. The Balaban J connectivity index is 1.22. The molecule has 0 saturated carbocycles. The van der Waals surface area contributed by atoms with Crippen LogP contribution in [0.3, 0.4) is 0 Å². The number of aliphatic hydroxyl groups excluding tert-OH is 1. The van der Waals surface area contributed by atoms with Crippen molar-refractivity contribution in [1.29, 1.82) is 0 Å². The van der Waals surface area contributed by atoms with Crippen LogP contribution in [0.15, 0.2) is 193 Å². The van der Waals surface area contributed by atoms with E-state index in [9.17, 15) is 19.5 Å². The third-order valence-electron chi connectivity index (χ3n) is 12.2. The van der Waals surface area contributed by atoms with E-state index in [1.807, 2.05) is 100 Å². The molecule has 8 rings (SSSR count). The van der Waals surface area contributed by atoms with Gasteiger partial charge in [0.05, 0.1) is 45.3 Å². The highest BCUT2D eigenvalue weighted by Crippen LogP contribution is 2.46. The van der Waals surface area contributed by atoms with Gasteiger partial charge in [-0.25, -0.2) is 0 Å². The largest absolute Gasteiger partial charge is 0.504 e. The van der Waals surface area contributed by atoms with Crippen molar-refractivity contribution in [2.75, 3.05) is 27.0 Å². The van der Waals surface area contributed by atoms with E-state index in [4.69, 9.17) is 0 Å². The van der Waals surface area contributed by atoms with E-state index in [-0.39, 0.29) is 44.9 Å². The average molecular weight is 905 g/mol. The Bertz CT molecular complexity index is 3150. The molecule has 68 heavy (non-hydrogen) atoms. The topological polar surface area (TPSA) is 178 Å². The van der Waals surface area contributed by atoms with Crippen molar-refractivity contribution >= 4 is 69.3 Å². The van der Waals surface area contributed by atoms with Gasteiger partial charge in [0.2, 0.25) is 17.3 Å². The van der Waals surface area contributed by atoms with Gasteiger partial charge < -0.3 is 21.3 Å². The van der Waals surface area contributed by atoms with Crippen molar-refractivity contribution in [3.63, 3.8) is 0 Å². The fraction of sp³-hybridized carbons (Fsp3) is 0.179. The first-order valence-corrected chi connectivity index (χ1v) is 22.4. The van der Waals surface area contributed by atoms with Gasteiger partial charge in [0, 0.05) is 45.9 Å². The Morgan fingerprint density at radius 2 is 1.00 bits per heavy atom. The van der Waals surface area contributed by atoms with Gasteiger partial charge >= 0.3 is 0 Å². The number of aryl methyl sites for hydroxylation is 2. The highest BCUT2D eigenvalue weighted by atomic mass is 16.3. The van der Waals surface area contributed by atoms with Crippen molar-refractivity contribution in [2.24, 2.45) is 16.8 Å². The SMILES string of the molecule is CC1=CC2=C(C(=O)C1=C1C(=O)C3=C(C=Nc4ccccc4NNc4ccc(C)cc4)C(=O)C(=O)C(C(C)C)=C3C=C1C)C(=CNc1ccccc1NNc1ccc(C)cc1)C(=O)C(O)=C2C(C)C. The minimum absolute atomic E-state index is 0.0131. The molecule has 0 aliphatic heterocycles. The quantitative estimate of drug-likeness (QED) is 0.0262. The summed E-state index contributed by atoms with van der Waals surface area (Å²) in [5, 5.41) is 14.7. The number of aliphatic imine (C=N–C) groups is 1. The maximum Gasteiger partial charge on any atom is 0.235 e. The average Bonchev–Trinajstić information content (AvgIpc) is 3.30. The second kappa shape index (κ2) is 18.8. The van der Waals surface area contributed by atoms with Gasteiger partial charge in [0.25, 0.3) is 0 Å². The summed E-state index contributed by atoms with van der Waals surface area (Å²) in [5.74, 6) is -4.90. The van der Waals surface area contributed by atoms with Crippen LogP contribution in [0.1, 0.15) is 52.7 Å². The molecule has 6 N–H and O–H groups in total. The van der Waals surface area contributed by atoms with E-state index in [1.165, 1.54) is 12.4 Å².